The summed E-state index contributed by atoms with van der Waals surface area (Å²) < 4.78 is 0. The molecule has 2 aliphatic heterocycles. The summed E-state index contributed by atoms with van der Waals surface area (Å²) in [5, 5.41) is 3.38. The zero-order valence-corrected chi connectivity index (χ0v) is 12.4. The molecule has 1 N–H and O–H groups in total. The first-order valence-electron chi connectivity index (χ1n) is 7.80. The van der Waals surface area contributed by atoms with Crippen molar-refractivity contribution in [2.24, 2.45) is 5.92 Å². The fourth-order valence-electron chi connectivity index (χ4n) is 3.61. The van der Waals surface area contributed by atoms with Crippen LogP contribution in [-0.4, -0.2) is 25.0 Å². The van der Waals surface area contributed by atoms with Crippen LogP contribution in [0.1, 0.15) is 44.6 Å². The molecule has 0 radical (unpaired) electrons. The number of amides is 1. The highest BCUT2D eigenvalue weighted by molar-refractivity contribution is 5.97. The quantitative estimate of drug-likeness (QED) is 0.898. The molecule has 108 valence electrons. The second-order valence-corrected chi connectivity index (χ2v) is 6.36. The lowest BCUT2D eigenvalue weighted by molar-refractivity contribution is -0.120. The Bertz CT molecular complexity index is 492. The molecule has 0 aliphatic carbocycles. The standard InChI is InChI=1S/C17H24N2O/c1-12(2)15-11-17(20)19(13-7-9-18-10-8-13)16-6-4-3-5-14(15)16/h3-6,12-13,15,18H,7-11H2,1-2H3. The second kappa shape index (κ2) is 5.57. The van der Waals surface area contributed by atoms with Gasteiger partial charge in [-0.3, -0.25) is 4.79 Å². The molecule has 0 saturated carbocycles. The highest BCUT2D eigenvalue weighted by Gasteiger charge is 2.36. The van der Waals surface area contributed by atoms with Gasteiger partial charge in [-0.25, -0.2) is 0 Å². The normalized spacial score (nSPS) is 24.1. The summed E-state index contributed by atoms with van der Waals surface area (Å²) in [6.07, 6.45) is 2.79. The average molecular weight is 272 g/mol. The van der Waals surface area contributed by atoms with Gasteiger partial charge < -0.3 is 10.2 Å². The topological polar surface area (TPSA) is 32.3 Å². The lowest BCUT2D eigenvalue weighted by Crippen LogP contribution is -2.49. The summed E-state index contributed by atoms with van der Waals surface area (Å²) >= 11 is 0. The minimum Gasteiger partial charge on any atom is -0.317 e. The Kier molecular flexibility index (Phi) is 3.79. The van der Waals surface area contributed by atoms with E-state index in [9.17, 15) is 4.79 Å². The van der Waals surface area contributed by atoms with E-state index in [1.165, 1.54) is 5.56 Å². The molecule has 2 heterocycles. The number of piperidine rings is 1. The van der Waals surface area contributed by atoms with Gasteiger partial charge in [-0.05, 0) is 49.4 Å². The SMILES string of the molecule is CC(C)C1CC(=O)N(C2CCNCC2)c2ccccc21. The van der Waals surface area contributed by atoms with Crippen LogP contribution in [0.5, 0.6) is 0 Å². The number of anilines is 1. The number of fused-ring (bicyclic) bond motifs is 1. The highest BCUT2D eigenvalue weighted by Crippen LogP contribution is 2.41. The van der Waals surface area contributed by atoms with Crippen LogP contribution in [0, 0.1) is 5.92 Å². The van der Waals surface area contributed by atoms with E-state index in [2.05, 4.69) is 48.3 Å². The van der Waals surface area contributed by atoms with Crippen molar-refractivity contribution < 1.29 is 4.79 Å². The first-order chi connectivity index (χ1) is 9.68. The van der Waals surface area contributed by atoms with Gasteiger partial charge in [0.15, 0.2) is 0 Å². The van der Waals surface area contributed by atoms with Gasteiger partial charge in [0.05, 0.1) is 0 Å². The van der Waals surface area contributed by atoms with Gasteiger partial charge in [0.25, 0.3) is 0 Å². The molecule has 1 fully saturated rings. The first kappa shape index (κ1) is 13.6. The Morgan fingerprint density at radius 3 is 2.60 bits per heavy atom. The van der Waals surface area contributed by atoms with Crippen molar-refractivity contribution in [2.45, 2.75) is 45.1 Å². The van der Waals surface area contributed by atoms with Gasteiger partial charge in [0.2, 0.25) is 5.91 Å². The molecule has 3 heteroatoms. The predicted octanol–water partition coefficient (Wildman–Crippen LogP) is 2.91. The molecular formula is C17H24N2O. The lowest BCUT2D eigenvalue weighted by Gasteiger charge is -2.41. The Balaban J connectivity index is 1.98. The summed E-state index contributed by atoms with van der Waals surface area (Å²) in [7, 11) is 0. The summed E-state index contributed by atoms with van der Waals surface area (Å²) in [6.45, 7) is 6.47. The third-order valence-electron chi connectivity index (χ3n) is 4.74. The number of para-hydroxylation sites is 1. The molecule has 1 saturated heterocycles. The van der Waals surface area contributed by atoms with Crippen molar-refractivity contribution in [1.82, 2.24) is 5.32 Å². The monoisotopic (exact) mass is 272 g/mol. The molecule has 3 rings (SSSR count). The van der Waals surface area contributed by atoms with Crippen LogP contribution in [0.15, 0.2) is 24.3 Å². The molecule has 0 bridgehead atoms. The van der Waals surface area contributed by atoms with Crippen molar-refractivity contribution in [3.63, 3.8) is 0 Å². The number of hydrogen-bond acceptors (Lipinski definition) is 2. The van der Waals surface area contributed by atoms with Gasteiger partial charge in [-0.2, -0.15) is 0 Å². The molecule has 1 aromatic rings. The minimum absolute atomic E-state index is 0.314. The number of rotatable bonds is 2. The van der Waals surface area contributed by atoms with Gasteiger partial charge in [-0.15, -0.1) is 0 Å². The van der Waals surface area contributed by atoms with Crippen LogP contribution >= 0.6 is 0 Å². The van der Waals surface area contributed by atoms with Gasteiger partial charge in [0, 0.05) is 18.2 Å². The zero-order valence-electron chi connectivity index (χ0n) is 12.4. The molecule has 1 unspecified atom stereocenters. The van der Waals surface area contributed by atoms with E-state index in [-0.39, 0.29) is 0 Å². The summed E-state index contributed by atoms with van der Waals surface area (Å²) in [6, 6.07) is 8.87. The van der Waals surface area contributed by atoms with Crippen molar-refractivity contribution in [3.8, 4) is 0 Å². The predicted molar refractivity (Wildman–Crippen MR) is 82.0 cm³/mol. The Hall–Kier alpha value is -1.35. The van der Waals surface area contributed by atoms with E-state index in [4.69, 9.17) is 0 Å². The summed E-state index contributed by atoms with van der Waals surface area (Å²) in [5.41, 5.74) is 2.52. The fraction of sp³-hybridized carbons (Fsp3) is 0.588. The van der Waals surface area contributed by atoms with E-state index >= 15 is 0 Å². The number of benzene rings is 1. The number of hydrogen-bond donors (Lipinski definition) is 1. The van der Waals surface area contributed by atoms with Crippen LogP contribution in [-0.2, 0) is 4.79 Å². The molecule has 3 nitrogen and oxygen atoms in total. The number of carbonyl (C=O) groups excluding carboxylic acids is 1. The molecule has 0 spiro atoms. The molecular weight excluding hydrogens is 248 g/mol. The van der Waals surface area contributed by atoms with Crippen molar-refractivity contribution in [1.29, 1.82) is 0 Å². The van der Waals surface area contributed by atoms with E-state index in [0.29, 0.717) is 30.2 Å². The van der Waals surface area contributed by atoms with Gasteiger partial charge >= 0.3 is 0 Å². The van der Waals surface area contributed by atoms with E-state index in [1.807, 2.05) is 0 Å². The average Bonchev–Trinajstić information content (AvgIpc) is 2.47. The lowest BCUT2D eigenvalue weighted by atomic mass is 9.81. The molecule has 1 amide bonds. The second-order valence-electron chi connectivity index (χ2n) is 6.36. The van der Waals surface area contributed by atoms with Crippen LogP contribution in [0.2, 0.25) is 0 Å². The maximum Gasteiger partial charge on any atom is 0.227 e. The molecule has 1 atom stereocenters. The van der Waals surface area contributed by atoms with E-state index < -0.39 is 0 Å². The maximum atomic E-state index is 12.7. The van der Waals surface area contributed by atoms with Crippen molar-refractivity contribution in [2.75, 3.05) is 18.0 Å². The first-order valence-corrected chi connectivity index (χ1v) is 7.80. The van der Waals surface area contributed by atoms with Crippen molar-refractivity contribution >= 4 is 11.6 Å². The largest absolute Gasteiger partial charge is 0.317 e. The zero-order chi connectivity index (χ0) is 14.1. The fourth-order valence-corrected chi connectivity index (χ4v) is 3.61. The number of carbonyl (C=O) groups is 1. The molecule has 0 aromatic heterocycles. The van der Waals surface area contributed by atoms with Crippen LogP contribution in [0.25, 0.3) is 0 Å². The Morgan fingerprint density at radius 2 is 1.90 bits per heavy atom. The summed E-state index contributed by atoms with van der Waals surface area (Å²) in [4.78, 5) is 14.8. The van der Waals surface area contributed by atoms with Crippen LogP contribution in [0.4, 0.5) is 5.69 Å². The molecule has 20 heavy (non-hydrogen) atoms. The third kappa shape index (κ3) is 2.35. The summed E-state index contributed by atoms with van der Waals surface area (Å²) in [5.74, 6) is 1.20. The van der Waals surface area contributed by atoms with E-state index in [1.54, 1.807) is 0 Å². The maximum absolute atomic E-state index is 12.7. The van der Waals surface area contributed by atoms with Crippen LogP contribution < -0.4 is 10.2 Å². The number of nitrogens with one attached hydrogen (secondary N) is 1. The van der Waals surface area contributed by atoms with Crippen LogP contribution in [0.3, 0.4) is 0 Å². The van der Waals surface area contributed by atoms with E-state index in [0.717, 1.165) is 31.6 Å². The molecule has 1 aromatic carbocycles. The van der Waals surface area contributed by atoms with Gasteiger partial charge in [-0.1, -0.05) is 32.0 Å². The third-order valence-corrected chi connectivity index (χ3v) is 4.74. The molecule has 2 aliphatic rings. The number of nitrogens with zero attached hydrogens (tertiary/aromatic N) is 1. The smallest absolute Gasteiger partial charge is 0.227 e. The Labute approximate surface area is 121 Å². The van der Waals surface area contributed by atoms with Gasteiger partial charge in [0.1, 0.15) is 0 Å². The Morgan fingerprint density at radius 1 is 1.20 bits per heavy atom. The minimum atomic E-state index is 0.314. The highest BCUT2D eigenvalue weighted by atomic mass is 16.2. The van der Waals surface area contributed by atoms with Crippen molar-refractivity contribution in [3.05, 3.63) is 29.8 Å².